The first-order valence-corrected chi connectivity index (χ1v) is 3.55. The van der Waals surface area contributed by atoms with Crippen molar-refractivity contribution in [3.8, 4) is 0 Å². The number of nitrogens with one attached hydrogen (secondary N) is 1. The third-order valence-corrected chi connectivity index (χ3v) is 1.23. The molecule has 1 atom stereocenters. The number of hydroxylamine groups is 2. The average molecular weight is 147 g/mol. The molecule has 10 heavy (non-hydrogen) atoms. The minimum Gasteiger partial charge on any atom is -0.311 e. The average Bonchev–Trinajstić information content (AvgIpc) is 1.87. The highest BCUT2D eigenvalue weighted by Crippen LogP contribution is 1.92. The Morgan fingerprint density at radius 1 is 1.60 bits per heavy atom. The standard InChI is InChI=1S/C6H17N3O/c1-4-8-6(7)9(10)5(2)3/h5-6,8,10H,4,7H2,1-3H3. The van der Waals surface area contributed by atoms with Crippen molar-refractivity contribution in [3.05, 3.63) is 0 Å². The molecule has 0 saturated heterocycles. The molecule has 0 aliphatic rings. The van der Waals surface area contributed by atoms with Gasteiger partial charge < -0.3 is 10.9 Å². The van der Waals surface area contributed by atoms with E-state index in [0.29, 0.717) is 0 Å². The minimum absolute atomic E-state index is 0.0500. The van der Waals surface area contributed by atoms with E-state index in [0.717, 1.165) is 11.6 Å². The second kappa shape index (κ2) is 4.62. The molecule has 62 valence electrons. The summed E-state index contributed by atoms with van der Waals surface area (Å²) in [5.41, 5.74) is 5.49. The van der Waals surface area contributed by atoms with Crippen LogP contribution in [0, 0.1) is 0 Å². The van der Waals surface area contributed by atoms with Gasteiger partial charge in [-0.2, -0.15) is 5.06 Å². The van der Waals surface area contributed by atoms with E-state index in [4.69, 9.17) is 5.73 Å². The van der Waals surface area contributed by atoms with Crippen LogP contribution in [0.25, 0.3) is 0 Å². The molecular formula is C6H17N3O. The molecule has 0 heterocycles. The van der Waals surface area contributed by atoms with Gasteiger partial charge >= 0.3 is 0 Å². The number of nitrogens with two attached hydrogens (primary N) is 1. The zero-order valence-electron chi connectivity index (χ0n) is 6.83. The Balaban J connectivity index is 3.58. The third kappa shape index (κ3) is 3.12. The van der Waals surface area contributed by atoms with Crippen LogP contribution >= 0.6 is 0 Å². The van der Waals surface area contributed by atoms with Gasteiger partial charge in [-0.25, -0.2) is 0 Å². The molecule has 0 aromatic heterocycles. The Labute approximate surface area is 62.0 Å². The number of hydrogen-bond acceptors (Lipinski definition) is 4. The quantitative estimate of drug-likeness (QED) is 0.385. The van der Waals surface area contributed by atoms with Crippen molar-refractivity contribution >= 4 is 0 Å². The molecule has 0 amide bonds. The lowest BCUT2D eigenvalue weighted by Gasteiger charge is -2.25. The van der Waals surface area contributed by atoms with E-state index in [1.165, 1.54) is 0 Å². The lowest BCUT2D eigenvalue weighted by molar-refractivity contribution is -0.157. The summed E-state index contributed by atoms with van der Waals surface area (Å²) in [5.74, 6) is 0. The molecule has 4 N–H and O–H groups in total. The van der Waals surface area contributed by atoms with Crippen LogP contribution in [0.1, 0.15) is 20.8 Å². The summed E-state index contributed by atoms with van der Waals surface area (Å²) in [6.45, 7) is 6.44. The van der Waals surface area contributed by atoms with Crippen molar-refractivity contribution in [2.75, 3.05) is 6.54 Å². The maximum Gasteiger partial charge on any atom is 0.135 e. The molecule has 0 saturated carbocycles. The molecule has 0 spiro atoms. The highest BCUT2D eigenvalue weighted by Gasteiger charge is 2.12. The molecule has 0 aliphatic heterocycles. The summed E-state index contributed by atoms with van der Waals surface area (Å²) in [6.07, 6.45) is -0.454. The number of rotatable bonds is 4. The molecule has 0 aromatic carbocycles. The molecule has 0 bridgehead atoms. The van der Waals surface area contributed by atoms with Gasteiger partial charge in [0, 0.05) is 6.04 Å². The predicted molar refractivity (Wildman–Crippen MR) is 40.4 cm³/mol. The summed E-state index contributed by atoms with van der Waals surface area (Å²) in [6, 6.07) is 0.0500. The highest BCUT2D eigenvalue weighted by atomic mass is 16.5. The van der Waals surface area contributed by atoms with Gasteiger partial charge in [0.2, 0.25) is 0 Å². The second-order valence-electron chi connectivity index (χ2n) is 2.48. The fourth-order valence-corrected chi connectivity index (χ4v) is 0.624. The zero-order chi connectivity index (χ0) is 8.15. The van der Waals surface area contributed by atoms with Crippen molar-refractivity contribution in [3.63, 3.8) is 0 Å². The van der Waals surface area contributed by atoms with Crippen LogP contribution in [-0.2, 0) is 0 Å². The fourth-order valence-electron chi connectivity index (χ4n) is 0.624. The smallest absolute Gasteiger partial charge is 0.135 e. The highest BCUT2D eigenvalue weighted by molar-refractivity contribution is 4.56. The van der Waals surface area contributed by atoms with Gasteiger partial charge in [-0.15, -0.1) is 0 Å². The number of hydrogen-bond donors (Lipinski definition) is 3. The van der Waals surface area contributed by atoms with Gasteiger partial charge in [-0.05, 0) is 20.4 Å². The monoisotopic (exact) mass is 147 g/mol. The summed E-state index contributed by atoms with van der Waals surface area (Å²) in [7, 11) is 0. The Morgan fingerprint density at radius 3 is 2.40 bits per heavy atom. The van der Waals surface area contributed by atoms with Gasteiger partial charge in [0.25, 0.3) is 0 Å². The van der Waals surface area contributed by atoms with E-state index in [1.54, 1.807) is 0 Å². The van der Waals surface area contributed by atoms with Gasteiger partial charge in [-0.3, -0.25) is 5.32 Å². The minimum atomic E-state index is -0.454. The largest absolute Gasteiger partial charge is 0.311 e. The molecular weight excluding hydrogens is 130 g/mol. The van der Waals surface area contributed by atoms with Crippen LogP contribution in [0.4, 0.5) is 0 Å². The lowest BCUT2D eigenvalue weighted by Crippen LogP contribution is -2.52. The molecule has 4 nitrogen and oxygen atoms in total. The van der Waals surface area contributed by atoms with Crippen LogP contribution in [0.15, 0.2) is 0 Å². The normalized spacial score (nSPS) is 14.7. The van der Waals surface area contributed by atoms with Crippen LogP contribution in [-0.4, -0.2) is 29.1 Å². The van der Waals surface area contributed by atoms with E-state index in [-0.39, 0.29) is 6.04 Å². The zero-order valence-corrected chi connectivity index (χ0v) is 6.83. The van der Waals surface area contributed by atoms with E-state index in [1.807, 2.05) is 20.8 Å². The maximum absolute atomic E-state index is 9.17. The number of nitrogens with zero attached hydrogens (tertiary/aromatic N) is 1. The molecule has 0 radical (unpaired) electrons. The molecule has 1 unspecified atom stereocenters. The van der Waals surface area contributed by atoms with Crippen molar-refractivity contribution in [2.45, 2.75) is 33.1 Å². The Hall–Kier alpha value is -0.160. The maximum atomic E-state index is 9.17. The summed E-state index contributed by atoms with van der Waals surface area (Å²) in [5, 5.41) is 13.1. The molecule has 0 fully saturated rings. The van der Waals surface area contributed by atoms with E-state index in [2.05, 4.69) is 5.32 Å². The van der Waals surface area contributed by atoms with Gasteiger partial charge in [-0.1, -0.05) is 6.92 Å². The van der Waals surface area contributed by atoms with E-state index >= 15 is 0 Å². The summed E-state index contributed by atoms with van der Waals surface area (Å²) >= 11 is 0. The fraction of sp³-hybridized carbons (Fsp3) is 1.00. The van der Waals surface area contributed by atoms with Crippen molar-refractivity contribution in [2.24, 2.45) is 5.73 Å². The van der Waals surface area contributed by atoms with E-state index in [9.17, 15) is 5.21 Å². The lowest BCUT2D eigenvalue weighted by atomic mass is 10.4. The Morgan fingerprint density at radius 2 is 2.10 bits per heavy atom. The first-order valence-electron chi connectivity index (χ1n) is 3.55. The Bertz CT molecular complexity index is 87.1. The molecule has 0 aliphatic carbocycles. The Kier molecular flexibility index (Phi) is 4.55. The van der Waals surface area contributed by atoms with Crippen molar-refractivity contribution in [1.82, 2.24) is 10.4 Å². The second-order valence-corrected chi connectivity index (χ2v) is 2.48. The molecule has 0 aromatic rings. The first-order chi connectivity index (χ1) is 4.59. The van der Waals surface area contributed by atoms with Crippen LogP contribution in [0.2, 0.25) is 0 Å². The van der Waals surface area contributed by atoms with Crippen LogP contribution in [0.3, 0.4) is 0 Å². The van der Waals surface area contributed by atoms with Crippen LogP contribution in [0.5, 0.6) is 0 Å². The van der Waals surface area contributed by atoms with Gasteiger partial charge in [0.15, 0.2) is 0 Å². The van der Waals surface area contributed by atoms with Crippen LogP contribution < -0.4 is 11.1 Å². The van der Waals surface area contributed by atoms with Gasteiger partial charge in [0.05, 0.1) is 0 Å². The molecule has 0 rings (SSSR count). The third-order valence-electron chi connectivity index (χ3n) is 1.23. The van der Waals surface area contributed by atoms with Crippen molar-refractivity contribution < 1.29 is 5.21 Å². The first kappa shape index (κ1) is 9.84. The SMILES string of the molecule is CCNC(N)N(O)C(C)C. The predicted octanol–water partition coefficient (Wildman–Crippen LogP) is -0.0622. The topological polar surface area (TPSA) is 61.5 Å². The van der Waals surface area contributed by atoms with Gasteiger partial charge in [0.1, 0.15) is 6.29 Å². The van der Waals surface area contributed by atoms with Crippen molar-refractivity contribution in [1.29, 1.82) is 0 Å². The summed E-state index contributed by atoms with van der Waals surface area (Å²) in [4.78, 5) is 0. The molecule has 4 heteroatoms. The summed E-state index contributed by atoms with van der Waals surface area (Å²) < 4.78 is 0. The van der Waals surface area contributed by atoms with E-state index < -0.39 is 6.29 Å².